The number of carbonyl (C=O) groups excluding carboxylic acids is 1. The molecule has 0 aliphatic heterocycles. The van der Waals surface area contributed by atoms with Crippen molar-refractivity contribution in [3.8, 4) is 17.6 Å². The van der Waals surface area contributed by atoms with E-state index in [2.05, 4.69) is 39.2 Å². The second kappa shape index (κ2) is 11.5. The molecule has 0 saturated heterocycles. The molecule has 3 rings (SSSR count). The van der Waals surface area contributed by atoms with Crippen LogP contribution in [0, 0.1) is 14.9 Å². The van der Waals surface area contributed by atoms with Crippen LogP contribution >= 0.6 is 34.2 Å². The molecule has 3 aromatic carbocycles. The number of amides is 1. The van der Waals surface area contributed by atoms with Gasteiger partial charge >= 0.3 is 0 Å². The lowest BCUT2D eigenvalue weighted by atomic mass is 10.1. The van der Waals surface area contributed by atoms with Crippen LogP contribution in [-0.4, -0.2) is 18.7 Å². The molecule has 1 N–H and O–H groups in total. The maximum atomic E-state index is 12.2. The first-order valence-electron chi connectivity index (χ1n) is 9.68. The van der Waals surface area contributed by atoms with E-state index in [1.54, 1.807) is 36.4 Å². The Morgan fingerprint density at radius 1 is 1.19 bits per heavy atom. The van der Waals surface area contributed by atoms with E-state index in [1.165, 1.54) is 6.21 Å². The number of ether oxygens (including phenoxy) is 2. The molecule has 0 radical (unpaired) electrons. The Bertz CT molecular complexity index is 1170. The average molecular weight is 560 g/mol. The number of benzene rings is 3. The van der Waals surface area contributed by atoms with E-state index in [0.29, 0.717) is 34.3 Å². The van der Waals surface area contributed by atoms with Gasteiger partial charge in [-0.3, -0.25) is 4.79 Å². The van der Waals surface area contributed by atoms with Gasteiger partial charge in [0.05, 0.1) is 28.0 Å². The minimum Gasteiger partial charge on any atom is -0.490 e. The summed E-state index contributed by atoms with van der Waals surface area (Å²) < 4.78 is 12.6. The highest BCUT2D eigenvalue weighted by atomic mass is 127. The molecule has 8 heteroatoms. The Hall–Kier alpha value is -3.09. The summed E-state index contributed by atoms with van der Waals surface area (Å²) in [5.41, 5.74) is 5.05. The first-order chi connectivity index (χ1) is 15.5. The van der Waals surface area contributed by atoms with Crippen LogP contribution in [0.25, 0.3) is 0 Å². The second-order valence-corrected chi connectivity index (χ2v) is 8.13. The van der Waals surface area contributed by atoms with Gasteiger partial charge in [0.2, 0.25) is 0 Å². The van der Waals surface area contributed by atoms with Gasteiger partial charge in [0.15, 0.2) is 11.5 Å². The normalized spacial score (nSPS) is 10.6. The number of hydrazone groups is 1. The highest BCUT2D eigenvalue weighted by Gasteiger charge is 2.13. The molecular formula is C24H19ClIN3O3. The summed E-state index contributed by atoms with van der Waals surface area (Å²) in [5, 5.41) is 13.9. The highest BCUT2D eigenvalue weighted by Crippen LogP contribution is 2.34. The Morgan fingerprint density at radius 3 is 2.66 bits per heavy atom. The maximum Gasteiger partial charge on any atom is 0.271 e. The lowest BCUT2D eigenvalue weighted by Crippen LogP contribution is -2.17. The van der Waals surface area contributed by atoms with Gasteiger partial charge in [0.25, 0.3) is 5.91 Å². The van der Waals surface area contributed by atoms with Crippen molar-refractivity contribution < 1.29 is 14.3 Å². The molecule has 0 aromatic heterocycles. The van der Waals surface area contributed by atoms with E-state index < -0.39 is 0 Å². The summed E-state index contributed by atoms with van der Waals surface area (Å²) in [4.78, 5) is 12.2. The molecule has 0 fully saturated rings. The van der Waals surface area contributed by atoms with Gasteiger partial charge in [0.1, 0.15) is 6.61 Å². The number of nitrogens with zero attached hydrogens (tertiary/aromatic N) is 2. The Morgan fingerprint density at radius 2 is 1.94 bits per heavy atom. The van der Waals surface area contributed by atoms with Crippen LogP contribution in [0.3, 0.4) is 0 Å². The SMILES string of the molecule is CCOc1cc(/C=N\NC(=O)c2ccc(Cl)cc2)cc(I)c1OCc1ccccc1C#N. The number of halogens is 2. The van der Waals surface area contributed by atoms with Crippen LogP contribution in [0.4, 0.5) is 0 Å². The molecule has 0 heterocycles. The van der Waals surface area contributed by atoms with Crippen molar-refractivity contribution in [3.63, 3.8) is 0 Å². The minimum atomic E-state index is -0.339. The van der Waals surface area contributed by atoms with Crippen molar-refractivity contribution in [1.29, 1.82) is 5.26 Å². The van der Waals surface area contributed by atoms with E-state index in [-0.39, 0.29) is 12.5 Å². The van der Waals surface area contributed by atoms with Gasteiger partial charge in [-0.1, -0.05) is 29.8 Å². The van der Waals surface area contributed by atoms with Crippen LogP contribution in [0.2, 0.25) is 5.02 Å². The number of hydrogen-bond donors (Lipinski definition) is 1. The summed E-state index contributed by atoms with van der Waals surface area (Å²) in [5.74, 6) is 0.801. The first-order valence-corrected chi connectivity index (χ1v) is 11.1. The molecule has 0 unspecified atom stereocenters. The van der Waals surface area contributed by atoms with Gasteiger partial charge in [-0.25, -0.2) is 5.43 Å². The smallest absolute Gasteiger partial charge is 0.271 e. The number of nitrogens with one attached hydrogen (secondary N) is 1. The molecule has 3 aromatic rings. The zero-order chi connectivity index (χ0) is 22.9. The van der Waals surface area contributed by atoms with Crippen LogP contribution in [0.15, 0.2) is 65.8 Å². The first kappa shape index (κ1) is 23.6. The molecule has 0 aliphatic rings. The number of hydrogen-bond acceptors (Lipinski definition) is 5. The third kappa shape index (κ3) is 6.22. The third-order valence-corrected chi connectivity index (χ3v) is 5.38. The van der Waals surface area contributed by atoms with Gasteiger partial charge in [-0.05, 0) is 77.5 Å². The highest BCUT2D eigenvalue weighted by molar-refractivity contribution is 14.1. The fraction of sp³-hybridized carbons (Fsp3) is 0.125. The average Bonchev–Trinajstić information content (AvgIpc) is 2.79. The second-order valence-electron chi connectivity index (χ2n) is 6.53. The number of rotatable bonds is 8. The molecule has 0 spiro atoms. The summed E-state index contributed by atoms with van der Waals surface area (Å²) in [6.07, 6.45) is 1.53. The summed E-state index contributed by atoms with van der Waals surface area (Å²) in [6.45, 7) is 2.58. The third-order valence-electron chi connectivity index (χ3n) is 4.33. The Kier molecular flexibility index (Phi) is 8.48. The molecule has 0 bridgehead atoms. The largest absolute Gasteiger partial charge is 0.490 e. The lowest BCUT2D eigenvalue weighted by molar-refractivity contribution is 0.0955. The molecule has 0 aliphatic carbocycles. The quantitative estimate of drug-likeness (QED) is 0.223. The molecule has 32 heavy (non-hydrogen) atoms. The Labute approximate surface area is 204 Å². The summed E-state index contributed by atoms with van der Waals surface area (Å²) in [6, 6.07) is 19.7. The zero-order valence-corrected chi connectivity index (χ0v) is 20.1. The molecule has 0 atom stereocenters. The van der Waals surface area contributed by atoms with E-state index >= 15 is 0 Å². The van der Waals surface area contributed by atoms with E-state index in [1.807, 2.05) is 31.2 Å². The van der Waals surface area contributed by atoms with Crippen molar-refractivity contribution in [2.24, 2.45) is 5.10 Å². The van der Waals surface area contributed by atoms with Crippen molar-refractivity contribution >= 4 is 46.3 Å². The van der Waals surface area contributed by atoms with Gasteiger partial charge in [0, 0.05) is 16.1 Å². The van der Waals surface area contributed by atoms with Gasteiger partial charge < -0.3 is 9.47 Å². The van der Waals surface area contributed by atoms with Crippen molar-refractivity contribution in [3.05, 3.63) is 91.5 Å². The van der Waals surface area contributed by atoms with Crippen LogP contribution < -0.4 is 14.9 Å². The molecular weight excluding hydrogens is 541 g/mol. The molecule has 6 nitrogen and oxygen atoms in total. The van der Waals surface area contributed by atoms with Crippen LogP contribution in [0.1, 0.15) is 34.0 Å². The maximum absolute atomic E-state index is 12.2. The molecule has 0 saturated carbocycles. The summed E-state index contributed by atoms with van der Waals surface area (Å²) in [7, 11) is 0. The van der Waals surface area contributed by atoms with Gasteiger partial charge in [-0.2, -0.15) is 10.4 Å². The number of nitriles is 1. The number of carbonyl (C=O) groups is 1. The zero-order valence-electron chi connectivity index (χ0n) is 17.1. The summed E-state index contributed by atoms with van der Waals surface area (Å²) >= 11 is 8.00. The monoisotopic (exact) mass is 559 g/mol. The lowest BCUT2D eigenvalue weighted by Gasteiger charge is -2.15. The van der Waals surface area contributed by atoms with Crippen molar-refractivity contribution in [2.75, 3.05) is 6.61 Å². The van der Waals surface area contributed by atoms with Crippen molar-refractivity contribution in [2.45, 2.75) is 13.5 Å². The van der Waals surface area contributed by atoms with Crippen LogP contribution in [-0.2, 0) is 6.61 Å². The van der Waals surface area contributed by atoms with E-state index in [4.69, 9.17) is 21.1 Å². The fourth-order valence-electron chi connectivity index (χ4n) is 2.80. The predicted molar refractivity (Wildman–Crippen MR) is 132 cm³/mol. The predicted octanol–water partition coefficient (Wildman–Crippen LogP) is 5.56. The molecule has 162 valence electrons. The Balaban J connectivity index is 1.74. The minimum absolute atomic E-state index is 0.240. The van der Waals surface area contributed by atoms with E-state index in [0.717, 1.165) is 14.7 Å². The van der Waals surface area contributed by atoms with Crippen molar-refractivity contribution in [1.82, 2.24) is 5.43 Å². The topological polar surface area (TPSA) is 83.7 Å². The standard InChI is InChI=1S/C24H19ClIN3O3/c1-2-31-22-12-16(14-28-29-24(30)17-7-9-20(25)10-8-17)11-21(26)23(22)32-15-19-6-4-3-5-18(19)13-27/h3-12,14H,2,15H2,1H3,(H,29,30)/b28-14-. The van der Waals surface area contributed by atoms with Crippen LogP contribution in [0.5, 0.6) is 11.5 Å². The molecule has 1 amide bonds. The van der Waals surface area contributed by atoms with E-state index in [9.17, 15) is 10.1 Å². The van der Waals surface area contributed by atoms with Gasteiger partial charge in [-0.15, -0.1) is 0 Å². The fourth-order valence-corrected chi connectivity index (χ4v) is 3.71.